The Kier molecular flexibility index (Phi) is 5.18. The van der Waals surface area contributed by atoms with Crippen molar-refractivity contribution in [1.82, 2.24) is 4.90 Å². The molecule has 5 heteroatoms. The Morgan fingerprint density at radius 3 is 2.81 bits per heavy atom. The lowest BCUT2D eigenvalue weighted by Crippen LogP contribution is -2.50. The van der Waals surface area contributed by atoms with Crippen LogP contribution in [0.5, 0.6) is 5.75 Å². The molecule has 5 nitrogen and oxygen atoms in total. The van der Waals surface area contributed by atoms with Crippen LogP contribution in [0.15, 0.2) is 24.3 Å². The number of hydrogen-bond acceptors (Lipinski definition) is 4. The first-order chi connectivity index (χ1) is 10.2. The Morgan fingerprint density at radius 1 is 1.48 bits per heavy atom. The number of nitrogens with zero attached hydrogens (tertiary/aromatic N) is 2. The van der Waals surface area contributed by atoms with Gasteiger partial charge >= 0.3 is 0 Å². The van der Waals surface area contributed by atoms with Gasteiger partial charge in [-0.1, -0.05) is 0 Å². The quantitative estimate of drug-likeness (QED) is 0.915. The van der Waals surface area contributed by atoms with Crippen molar-refractivity contribution in [3.8, 4) is 11.8 Å². The maximum absolute atomic E-state index is 12.4. The van der Waals surface area contributed by atoms with Gasteiger partial charge in [0.2, 0.25) is 0 Å². The monoisotopic (exact) mass is 288 g/mol. The summed E-state index contributed by atoms with van der Waals surface area (Å²) in [5.41, 5.74) is 0.553. The summed E-state index contributed by atoms with van der Waals surface area (Å²) in [6.07, 6.45) is 2.24. The minimum atomic E-state index is -0.606. The van der Waals surface area contributed by atoms with Gasteiger partial charge in [0.1, 0.15) is 5.75 Å². The lowest BCUT2D eigenvalue weighted by atomic mass is 10.0. The minimum absolute atomic E-state index is 0.00464. The predicted octanol–water partition coefficient (Wildman–Crippen LogP) is 1.70. The van der Waals surface area contributed by atoms with Crippen molar-refractivity contribution in [2.45, 2.75) is 38.3 Å². The maximum atomic E-state index is 12.4. The fourth-order valence-corrected chi connectivity index (χ4v) is 2.58. The molecule has 0 saturated carbocycles. The summed E-state index contributed by atoms with van der Waals surface area (Å²) >= 11 is 0. The van der Waals surface area contributed by atoms with E-state index in [0.717, 1.165) is 19.3 Å². The van der Waals surface area contributed by atoms with Crippen LogP contribution in [0, 0.1) is 11.3 Å². The Balaban J connectivity index is 1.99. The average molecular weight is 288 g/mol. The van der Waals surface area contributed by atoms with Crippen molar-refractivity contribution in [2.24, 2.45) is 0 Å². The molecule has 1 N–H and O–H groups in total. The van der Waals surface area contributed by atoms with Gasteiger partial charge in [-0.05, 0) is 50.5 Å². The zero-order valence-corrected chi connectivity index (χ0v) is 12.2. The van der Waals surface area contributed by atoms with Crippen LogP contribution >= 0.6 is 0 Å². The van der Waals surface area contributed by atoms with Crippen molar-refractivity contribution in [3.63, 3.8) is 0 Å². The van der Waals surface area contributed by atoms with Gasteiger partial charge in [0.15, 0.2) is 6.10 Å². The molecule has 1 aromatic rings. The smallest absolute Gasteiger partial charge is 0.263 e. The molecule has 2 unspecified atom stereocenters. The fourth-order valence-electron chi connectivity index (χ4n) is 2.58. The van der Waals surface area contributed by atoms with Gasteiger partial charge in [0, 0.05) is 6.54 Å². The third-order valence-electron chi connectivity index (χ3n) is 3.77. The summed E-state index contributed by atoms with van der Waals surface area (Å²) < 4.78 is 5.64. The van der Waals surface area contributed by atoms with E-state index in [1.54, 1.807) is 36.1 Å². The van der Waals surface area contributed by atoms with E-state index in [4.69, 9.17) is 10.00 Å². The van der Waals surface area contributed by atoms with Crippen molar-refractivity contribution >= 4 is 5.91 Å². The molecule has 21 heavy (non-hydrogen) atoms. The van der Waals surface area contributed by atoms with E-state index in [1.165, 1.54) is 0 Å². The highest BCUT2D eigenvalue weighted by atomic mass is 16.5. The molecule has 0 bridgehead atoms. The number of benzene rings is 1. The molecule has 1 aliphatic heterocycles. The van der Waals surface area contributed by atoms with Crippen LogP contribution in [0.3, 0.4) is 0 Å². The SMILES string of the molecule is CC(Oc1ccc(C#N)cc1)C(=O)N1CCCCC1CO. The lowest BCUT2D eigenvalue weighted by Gasteiger charge is -2.36. The Labute approximate surface area is 124 Å². The van der Waals surface area contributed by atoms with Crippen LogP contribution in [-0.2, 0) is 4.79 Å². The highest BCUT2D eigenvalue weighted by Crippen LogP contribution is 2.20. The molecule has 1 amide bonds. The predicted molar refractivity (Wildman–Crippen MR) is 77.7 cm³/mol. The highest BCUT2D eigenvalue weighted by molar-refractivity contribution is 5.81. The van der Waals surface area contributed by atoms with Gasteiger partial charge in [-0.15, -0.1) is 0 Å². The standard InChI is InChI=1S/C16H20N2O3/c1-12(21-15-7-5-13(10-17)6-8-15)16(20)18-9-3-2-4-14(18)11-19/h5-8,12,14,19H,2-4,9,11H2,1H3. The van der Waals surface area contributed by atoms with E-state index >= 15 is 0 Å². The molecule has 1 aliphatic rings. The summed E-state index contributed by atoms with van der Waals surface area (Å²) in [7, 11) is 0. The maximum Gasteiger partial charge on any atom is 0.263 e. The number of likely N-dealkylation sites (tertiary alicyclic amines) is 1. The number of carbonyl (C=O) groups excluding carboxylic acids is 1. The third-order valence-corrected chi connectivity index (χ3v) is 3.77. The van der Waals surface area contributed by atoms with Crippen LogP contribution < -0.4 is 4.74 Å². The highest BCUT2D eigenvalue weighted by Gasteiger charge is 2.30. The van der Waals surface area contributed by atoms with Crippen LogP contribution in [-0.4, -0.2) is 41.2 Å². The summed E-state index contributed by atoms with van der Waals surface area (Å²) in [5, 5.41) is 18.1. The normalized spacial score (nSPS) is 19.7. The minimum Gasteiger partial charge on any atom is -0.481 e. The zero-order chi connectivity index (χ0) is 15.2. The second-order valence-electron chi connectivity index (χ2n) is 5.26. The van der Waals surface area contributed by atoms with Gasteiger partial charge in [0.25, 0.3) is 5.91 Å². The Hall–Kier alpha value is -2.06. The molecule has 2 atom stereocenters. The summed E-state index contributed by atoms with van der Waals surface area (Å²) in [6.45, 7) is 2.38. The molecule has 1 saturated heterocycles. The summed E-state index contributed by atoms with van der Waals surface area (Å²) in [6, 6.07) is 8.62. The van der Waals surface area contributed by atoms with Gasteiger partial charge in [-0.3, -0.25) is 4.79 Å². The first kappa shape index (κ1) is 15.3. The van der Waals surface area contributed by atoms with E-state index in [9.17, 15) is 9.90 Å². The molecule has 1 aromatic carbocycles. The van der Waals surface area contributed by atoms with Gasteiger partial charge < -0.3 is 14.7 Å². The summed E-state index contributed by atoms with van der Waals surface area (Å²) in [4.78, 5) is 14.2. The molecule has 0 aromatic heterocycles. The number of hydrogen-bond donors (Lipinski definition) is 1. The van der Waals surface area contributed by atoms with Crippen LogP contribution in [0.2, 0.25) is 0 Å². The summed E-state index contributed by atoms with van der Waals surface area (Å²) in [5.74, 6) is 0.463. The van der Waals surface area contributed by atoms with E-state index in [2.05, 4.69) is 0 Å². The van der Waals surface area contributed by atoms with Crippen LogP contribution in [0.4, 0.5) is 0 Å². The first-order valence-corrected chi connectivity index (χ1v) is 7.24. The van der Waals surface area contributed by atoms with Gasteiger partial charge in [0.05, 0.1) is 24.3 Å². The number of rotatable bonds is 4. The Morgan fingerprint density at radius 2 is 2.19 bits per heavy atom. The molecule has 112 valence electrons. The number of aliphatic hydroxyl groups is 1. The zero-order valence-electron chi connectivity index (χ0n) is 12.2. The van der Waals surface area contributed by atoms with Crippen LogP contribution in [0.25, 0.3) is 0 Å². The van der Waals surface area contributed by atoms with Crippen LogP contribution in [0.1, 0.15) is 31.7 Å². The van der Waals surface area contributed by atoms with E-state index in [1.807, 2.05) is 6.07 Å². The largest absolute Gasteiger partial charge is 0.481 e. The molecule has 0 radical (unpaired) electrons. The molecule has 1 fully saturated rings. The van der Waals surface area contributed by atoms with Crippen molar-refractivity contribution in [1.29, 1.82) is 5.26 Å². The topological polar surface area (TPSA) is 73.6 Å². The van der Waals surface area contributed by atoms with Crippen molar-refractivity contribution < 1.29 is 14.6 Å². The van der Waals surface area contributed by atoms with E-state index in [0.29, 0.717) is 17.9 Å². The number of nitriles is 1. The van der Waals surface area contributed by atoms with E-state index in [-0.39, 0.29) is 18.6 Å². The van der Waals surface area contributed by atoms with Crippen molar-refractivity contribution in [2.75, 3.05) is 13.2 Å². The fraction of sp³-hybridized carbons (Fsp3) is 0.500. The number of piperidine rings is 1. The van der Waals surface area contributed by atoms with Gasteiger partial charge in [-0.2, -0.15) is 5.26 Å². The second kappa shape index (κ2) is 7.09. The molecular formula is C16H20N2O3. The molecule has 2 rings (SSSR count). The average Bonchev–Trinajstić information content (AvgIpc) is 2.54. The Bertz CT molecular complexity index is 521. The van der Waals surface area contributed by atoms with E-state index < -0.39 is 6.10 Å². The number of amides is 1. The molecule has 0 aliphatic carbocycles. The van der Waals surface area contributed by atoms with Gasteiger partial charge in [-0.25, -0.2) is 0 Å². The third kappa shape index (κ3) is 3.73. The first-order valence-electron chi connectivity index (χ1n) is 7.24. The number of aliphatic hydroxyl groups excluding tert-OH is 1. The lowest BCUT2D eigenvalue weighted by molar-refractivity contribution is -0.142. The second-order valence-corrected chi connectivity index (χ2v) is 5.26. The number of ether oxygens (including phenoxy) is 1. The van der Waals surface area contributed by atoms with Crippen molar-refractivity contribution in [3.05, 3.63) is 29.8 Å². The number of carbonyl (C=O) groups is 1. The molecule has 0 spiro atoms. The molecular weight excluding hydrogens is 268 g/mol. The molecule has 1 heterocycles.